The number of hydrogen-bond acceptors (Lipinski definition) is 17. The number of anilines is 4. The van der Waals surface area contributed by atoms with E-state index in [1.165, 1.54) is 89.8 Å². The molecule has 2 unspecified atom stereocenters. The normalized spacial score (nSPS) is 21.6. The minimum Gasteiger partial charge on any atom is -0.495 e. The summed E-state index contributed by atoms with van der Waals surface area (Å²) in [6.45, 7) is 15.0. The van der Waals surface area contributed by atoms with E-state index in [-0.39, 0.29) is 71.9 Å². The molecule has 10 rings (SSSR count). The predicted octanol–water partition coefficient (Wildman–Crippen LogP) is 14.4. The number of nitrogens with one attached hydrogen (secondary N) is 6. The lowest BCUT2D eigenvalue weighted by molar-refractivity contribution is -0.123. The third kappa shape index (κ3) is 16.2. The van der Waals surface area contributed by atoms with Crippen LogP contribution in [0, 0.1) is 22.5 Å². The first kappa shape index (κ1) is 76.3. The van der Waals surface area contributed by atoms with E-state index in [2.05, 4.69) is 46.1 Å². The number of fused-ring (bicyclic) bond motifs is 4. The number of carbonyl (C=O) groups excluding carboxylic acids is 7. The quantitative estimate of drug-likeness (QED) is 0.0218. The summed E-state index contributed by atoms with van der Waals surface area (Å²) < 4.78 is 65.6. The van der Waals surface area contributed by atoms with Crippen LogP contribution in [0.15, 0.2) is 109 Å². The molecule has 22 nitrogen and oxygen atoms in total. The largest absolute Gasteiger partial charge is 0.511 e. The van der Waals surface area contributed by atoms with Gasteiger partial charge in [-0.3, -0.25) is 19.2 Å². The van der Waals surface area contributed by atoms with Crippen molar-refractivity contribution in [3.05, 3.63) is 174 Å². The molecule has 0 saturated carbocycles. The van der Waals surface area contributed by atoms with Gasteiger partial charge < -0.3 is 70.2 Å². The van der Waals surface area contributed by atoms with Crippen LogP contribution in [-0.4, -0.2) is 117 Å². The zero-order valence-electron chi connectivity index (χ0n) is 55.6. The lowest BCUT2D eigenvalue weighted by Gasteiger charge is -2.37. The van der Waals surface area contributed by atoms with Crippen LogP contribution < -0.4 is 41.4 Å². The summed E-state index contributed by atoms with van der Waals surface area (Å²) >= 11 is 30.4. The molecule has 2 spiro atoms. The number of amides is 4. The number of carboxylic acids is 1. The summed E-state index contributed by atoms with van der Waals surface area (Å²) in [4.78, 5) is 103. The van der Waals surface area contributed by atoms with Crippen LogP contribution >= 0.6 is 58.0 Å². The molecule has 0 bridgehead atoms. The van der Waals surface area contributed by atoms with Gasteiger partial charge in [-0.05, 0) is 126 Å². The maximum Gasteiger partial charge on any atom is 0.511 e. The highest BCUT2D eigenvalue weighted by Crippen LogP contribution is 2.59. The van der Waals surface area contributed by atoms with Crippen LogP contribution in [0.1, 0.15) is 123 Å². The number of aromatic carboxylic acids is 1. The number of hydrogen-bond donors (Lipinski definition) is 7. The van der Waals surface area contributed by atoms with E-state index in [1.807, 2.05) is 41.5 Å². The summed E-state index contributed by atoms with van der Waals surface area (Å²) in [5.41, 5.74) is -1.33. The third-order valence-corrected chi connectivity index (χ3v) is 18.1. The molecule has 29 heteroatoms. The van der Waals surface area contributed by atoms with Gasteiger partial charge in [0, 0.05) is 52.3 Å². The Hall–Kier alpha value is -8.49. The molecule has 0 aromatic heterocycles. The second-order valence-corrected chi connectivity index (χ2v) is 28.3. The van der Waals surface area contributed by atoms with Gasteiger partial charge in [0.05, 0.1) is 73.1 Å². The molecule has 4 aliphatic rings. The van der Waals surface area contributed by atoms with Gasteiger partial charge in [0.2, 0.25) is 29.9 Å². The first-order valence-electron chi connectivity index (χ1n) is 30.7. The van der Waals surface area contributed by atoms with Gasteiger partial charge in [0.1, 0.15) is 34.0 Å². The Bertz CT molecular complexity index is 4140. The lowest BCUT2D eigenvalue weighted by atomic mass is 9.62. The van der Waals surface area contributed by atoms with Crippen molar-refractivity contribution >= 4 is 129 Å². The summed E-state index contributed by atoms with van der Waals surface area (Å²) in [5.74, 6) is -7.27. The third-order valence-electron chi connectivity index (χ3n) is 17.0. The van der Waals surface area contributed by atoms with Gasteiger partial charge in [-0.25, -0.2) is 28.0 Å². The molecule has 10 atom stereocenters. The maximum atomic E-state index is 16.1. The van der Waals surface area contributed by atoms with Crippen molar-refractivity contribution < 1.29 is 85.4 Å². The Labute approximate surface area is 594 Å². The number of methoxy groups -OCH3 is 4. The summed E-state index contributed by atoms with van der Waals surface area (Å²) in [5, 5.41) is 28.2. The molecule has 4 aliphatic heterocycles. The number of carboxylic acid groups (broad SMARTS) is 1. The number of benzene rings is 6. The SMILES string of the molecule is COC(=O)OC(C)Cl.COC(=O)OC(C)OC(=O)c1ccc(NC(=O)[C@@H]2N[C@@H](CC(C)(C)C)[C@@]3(C(=O)Nc4cc(Cl)ccc43)[C@H]2c2cccc(Cl)c2F)c(OC)c1.COc1cc(C(=O)O)ccc1NC(=O)[C@@H]1N[C@@H](CC(C)(C)C)[C@@]2(C(=O)Nc3cc(Cl)ccc32)[C@H]1c1cccc(Cl)c1F. The Morgan fingerprint density at radius 1 is 0.566 bits per heavy atom. The van der Waals surface area contributed by atoms with E-state index in [0.29, 0.717) is 45.4 Å². The van der Waals surface area contributed by atoms with Gasteiger partial charge in [-0.15, -0.1) is 0 Å². The number of carbonyl (C=O) groups is 8. The van der Waals surface area contributed by atoms with E-state index in [9.17, 15) is 43.5 Å². The van der Waals surface area contributed by atoms with Crippen molar-refractivity contribution in [1.82, 2.24) is 10.6 Å². The van der Waals surface area contributed by atoms with Crippen LogP contribution in [0.3, 0.4) is 0 Å². The van der Waals surface area contributed by atoms with Crippen LogP contribution in [0.2, 0.25) is 20.1 Å². The molecule has 7 N–H and O–H groups in total. The van der Waals surface area contributed by atoms with Gasteiger partial charge in [0.15, 0.2) is 5.56 Å². The standard InChI is InChI=1S/C35H36Cl2FN3O8.C31H30Cl2FN3O5.C4H7ClO3/c1-17(49-33(45)47-6)48-31(43)18-10-13-23(25(14-18)46-5)39-30(42)29-27(20-8-7-9-22(37)28(20)38)35(26(41-29)16-34(2,3)4)21-12-11-19(36)15-24(21)40-32(35)44;1-30(2,3)14-23-31(18-10-9-16(32)13-21(18)36-29(31)41)24(17-6-5-7-19(33)25(17)34)26(37-23)27(38)35-20-11-8-15(28(39)40)12-22(20)42-4;1-3(5)8-4(6)7-2/h7-15,17,26-27,29,41H,16H2,1-6H3,(H,39,42)(H,40,44);5-13,23-24,26,37H,14H2,1-4H3,(H,35,38)(H,36,41)(H,39,40);3H,1-2H3/t17?,26-,27-,29+,35+;23-,24-,26+,31+;/m00./s1. The molecule has 4 heterocycles. The smallest absolute Gasteiger partial charge is 0.495 e. The lowest BCUT2D eigenvalue weighted by Crippen LogP contribution is -2.49. The molecule has 2 saturated heterocycles. The summed E-state index contributed by atoms with van der Waals surface area (Å²) in [7, 11) is 5.04. The second-order valence-electron chi connectivity index (χ2n) is 26.0. The van der Waals surface area contributed by atoms with Gasteiger partial charge in [-0.1, -0.05) is 136 Å². The highest BCUT2D eigenvalue weighted by Gasteiger charge is 2.68. The number of esters is 1. The molecular formula is C70H73Cl5F2N6O16. The van der Waals surface area contributed by atoms with E-state index >= 15 is 8.78 Å². The zero-order valence-corrected chi connectivity index (χ0v) is 59.4. The first-order chi connectivity index (χ1) is 46.5. The monoisotopic (exact) mass is 1470 g/mol. The molecule has 6 aromatic carbocycles. The fourth-order valence-electron chi connectivity index (χ4n) is 13.2. The Morgan fingerprint density at radius 2 is 0.970 bits per heavy atom. The van der Waals surface area contributed by atoms with Crippen LogP contribution in [-0.2, 0) is 53.7 Å². The van der Waals surface area contributed by atoms with Gasteiger partial charge >= 0.3 is 24.2 Å². The van der Waals surface area contributed by atoms with E-state index in [1.54, 1.807) is 54.6 Å². The van der Waals surface area contributed by atoms with E-state index in [0.717, 1.165) is 7.11 Å². The minimum atomic E-state index is -1.44. The van der Waals surface area contributed by atoms with Crippen molar-refractivity contribution in [3.63, 3.8) is 0 Å². The fraction of sp³-hybridized carbons (Fsp3) is 0.371. The van der Waals surface area contributed by atoms with Crippen molar-refractivity contribution in [3.8, 4) is 11.5 Å². The molecule has 528 valence electrons. The van der Waals surface area contributed by atoms with Crippen LogP contribution in [0.25, 0.3) is 0 Å². The van der Waals surface area contributed by atoms with Crippen LogP contribution in [0.4, 0.5) is 41.1 Å². The average Bonchev–Trinajstić information content (AvgIpc) is 1.54. The second kappa shape index (κ2) is 31.0. The Kier molecular flexibility index (Phi) is 23.8. The van der Waals surface area contributed by atoms with E-state index < -0.39 is 112 Å². The fourth-order valence-corrected chi connectivity index (χ4v) is 14.0. The number of ether oxygens (including phenoxy) is 7. The van der Waals surface area contributed by atoms with Crippen molar-refractivity contribution in [1.29, 1.82) is 0 Å². The highest BCUT2D eigenvalue weighted by molar-refractivity contribution is 6.32. The molecule has 2 fully saturated rings. The molecular weight excluding hydrogens is 1400 g/mol. The summed E-state index contributed by atoms with van der Waals surface area (Å²) in [6, 6.07) is 23.9. The Morgan fingerprint density at radius 3 is 1.34 bits per heavy atom. The molecule has 4 amide bonds. The van der Waals surface area contributed by atoms with E-state index in [4.69, 9.17) is 77.0 Å². The molecule has 99 heavy (non-hydrogen) atoms. The predicted molar refractivity (Wildman–Crippen MR) is 369 cm³/mol. The van der Waals surface area contributed by atoms with Crippen molar-refractivity contribution in [2.75, 3.05) is 49.7 Å². The number of halogens is 7. The molecule has 0 radical (unpaired) electrons. The van der Waals surface area contributed by atoms with Gasteiger partial charge in [-0.2, -0.15) is 0 Å². The zero-order chi connectivity index (χ0) is 73.0. The van der Waals surface area contributed by atoms with Crippen LogP contribution in [0.5, 0.6) is 11.5 Å². The number of alkyl halides is 1. The van der Waals surface area contributed by atoms with Crippen molar-refractivity contribution in [2.45, 2.75) is 127 Å². The molecule has 0 aliphatic carbocycles. The minimum absolute atomic E-state index is 0.0233. The maximum absolute atomic E-state index is 16.1. The molecule has 6 aromatic rings. The Balaban J connectivity index is 0.000000229. The van der Waals surface area contributed by atoms with Crippen molar-refractivity contribution in [2.24, 2.45) is 10.8 Å². The highest BCUT2D eigenvalue weighted by atomic mass is 35.5. The average molecular weight is 1470 g/mol. The summed E-state index contributed by atoms with van der Waals surface area (Å²) in [6.07, 6.45) is -2.14. The first-order valence-corrected chi connectivity index (χ1v) is 32.7. The number of rotatable bonds is 15. The van der Waals surface area contributed by atoms with Gasteiger partial charge in [0.25, 0.3) is 0 Å². The topological polar surface area (TPSA) is 294 Å².